The van der Waals surface area contributed by atoms with Gasteiger partial charge >= 0.3 is 6.09 Å². The minimum absolute atomic E-state index is 0.0900. The molecule has 4 atom stereocenters. The van der Waals surface area contributed by atoms with E-state index >= 15 is 0 Å². The first-order chi connectivity index (χ1) is 9.81. The number of hydrogen-bond donors (Lipinski definition) is 1. The lowest BCUT2D eigenvalue weighted by Crippen LogP contribution is -2.53. The number of carbonyl (C=O) groups excluding carboxylic acids is 2. The van der Waals surface area contributed by atoms with E-state index in [0.29, 0.717) is 6.42 Å². The van der Waals surface area contributed by atoms with E-state index in [4.69, 9.17) is 0 Å². The summed E-state index contributed by atoms with van der Waals surface area (Å²) in [7, 11) is 1.26. The molecule has 0 saturated carbocycles. The molecule has 1 fully saturated rings. The number of methoxy groups -OCH3 is 1. The second-order valence-electron chi connectivity index (χ2n) is 6.13. The first-order valence-corrected chi connectivity index (χ1v) is 7.60. The minimum atomic E-state index is -0.987. The highest BCUT2D eigenvalue weighted by Gasteiger charge is 2.41. The molecule has 1 saturated heterocycles. The Hall–Kier alpha value is -1.33. The first kappa shape index (κ1) is 17.7. The third kappa shape index (κ3) is 4.32. The van der Waals surface area contributed by atoms with Crippen LogP contribution in [0.5, 0.6) is 0 Å². The van der Waals surface area contributed by atoms with Gasteiger partial charge in [0.2, 0.25) is 5.91 Å². The Labute approximate surface area is 126 Å². The number of nitrogens with zero attached hydrogens (tertiary/aromatic N) is 1. The number of hydrogen-bond acceptors (Lipinski definition) is 3. The molecule has 0 bridgehead atoms. The first-order valence-electron chi connectivity index (χ1n) is 7.60. The van der Waals surface area contributed by atoms with Crippen LogP contribution in [0, 0.1) is 11.8 Å². The molecule has 0 aromatic heterocycles. The molecule has 1 unspecified atom stereocenters. The van der Waals surface area contributed by atoms with Gasteiger partial charge in [-0.1, -0.05) is 34.1 Å². The average molecular weight is 302 g/mol. The fourth-order valence-corrected chi connectivity index (χ4v) is 2.76. The number of alkyl halides is 1. The summed E-state index contributed by atoms with van der Waals surface area (Å²) in [6.45, 7) is 7.87. The van der Waals surface area contributed by atoms with E-state index in [-0.39, 0.29) is 30.3 Å². The lowest BCUT2D eigenvalue weighted by Gasteiger charge is -2.33. The Morgan fingerprint density at radius 2 is 2.00 bits per heavy atom. The second kappa shape index (κ2) is 7.61. The summed E-state index contributed by atoms with van der Waals surface area (Å²) in [4.78, 5) is 25.7. The summed E-state index contributed by atoms with van der Waals surface area (Å²) in [5.41, 5.74) is 0. The van der Waals surface area contributed by atoms with Crippen molar-refractivity contribution in [1.82, 2.24) is 10.2 Å². The maximum atomic E-state index is 13.8. The van der Waals surface area contributed by atoms with E-state index in [1.807, 2.05) is 27.7 Å². The molecule has 6 heteroatoms. The molecule has 0 aliphatic carbocycles. The van der Waals surface area contributed by atoms with Crippen molar-refractivity contribution in [2.45, 2.75) is 58.8 Å². The van der Waals surface area contributed by atoms with Crippen LogP contribution in [0.1, 0.15) is 40.5 Å². The fraction of sp³-hybridized carbons (Fsp3) is 0.867. The lowest BCUT2D eigenvalue weighted by atomic mass is 9.95. The van der Waals surface area contributed by atoms with Gasteiger partial charge in [-0.05, 0) is 11.8 Å². The van der Waals surface area contributed by atoms with E-state index in [1.165, 1.54) is 7.11 Å². The van der Waals surface area contributed by atoms with Crippen LogP contribution in [-0.2, 0) is 9.53 Å². The van der Waals surface area contributed by atoms with E-state index in [1.54, 1.807) is 4.90 Å². The van der Waals surface area contributed by atoms with Crippen molar-refractivity contribution >= 4 is 12.0 Å². The third-order valence-electron chi connectivity index (χ3n) is 4.27. The standard InChI is InChI=1S/C15H27FN2O3/c1-6-10(4)12-7-11(16)8-18(12)14(19)13(9(2)3)17-15(20)21-5/h9-13H,6-8H2,1-5H3,(H,17,20)/t10-,11-,12?,13-/m0/s1. The van der Waals surface area contributed by atoms with E-state index < -0.39 is 18.3 Å². The van der Waals surface area contributed by atoms with Gasteiger partial charge < -0.3 is 15.0 Å². The number of carbonyl (C=O) groups is 2. The number of alkyl carbamates (subject to hydrolysis) is 1. The van der Waals surface area contributed by atoms with Gasteiger partial charge in [0.25, 0.3) is 0 Å². The molecular formula is C15H27FN2O3. The predicted molar refractivity (Wildman–Crippen MR) is 78.6 cm³/mol. The van der Waals surface area contributed by atoms with Gasteiger partial charge in [0.1, 0.15) is 12.2 Å². The van der Waals surface area contributed by atoms with Crippen LogP contribution in [0.4, 0.5) is 9.18 Å². The van der Waals surface area contributed by atoms with Gasteiger partial charge in [-0.15, -0.1) is 0 Å². The van der Waals surface area contributed by atoms with Crippen LogP contribution in [0.15, 0.2) is 0 Å². The summed E-state index contributed by atoms with van der Waals surface area (Å²) in [6.07, 6.45) is -0.362. The Balaban J connectivity index is 2.88. The van der Waals surface area contributed by atoms with Gasteiger partial charge in [0, 0.05) is 12.5 Å². The highest BCUT2D eigenvalue weighted by Crippen LogP contribution is 2.29. The molecule has 0 radical (unpaired) electrons. The summed E-state index contributed by atoms with van der Waals surface area (Å²) < 4.78 is 18.3. The lowest BCUT2D eigenvalue weighted by molar-refractivity contribution is -0.136. The van der Waals surface area contributed by atoms with Crippen molar-refractivity contribution in [3.05, 3.63) is 0 Å². The minimum Gasteiger partial charge on any atom is -0.453 e. The smallest absolute Gasteiger partial charge is 0.407 e. The molecule has 5 nitrogen and oxygen atoms in total. The molecule has 2 amide bonds. The zero-order chi connectivity index (χ0) is 16.2. The predicted octanol–water partition coefficient (Wildman–Crippen LogP) is 2.35. The second-order valence-corrected chi connectivity index (χ2v) is 6.13. The monoisotopic (exact) mass is 302 g/mol. The van der Waals surface area contributed by atoms with Crippen LogP contribution in [0.2, 0.25) is 0 Å². The van der Waals surface area contributed by atoms with Crippen molar-refractivity contribution < 1.29 is 18.7 Å². The van der Waals surface area contributed by atoms with Crippen molar-refractivity contribution in [1.29, 1.82) is 0 Å². The molecule has 21 heavy (non-hydrogen) atoms. The number of halogens is 1. The average Bonchev–Trinajstić information content (AvgIpc) is 2.84. The van der Waals surface area contributed by atoms with Crippen LogP contribution in [0.25, 0.3) is 0 Å². The molecule has 0 aromatic carbocycles. The number of amides is 2. The fourth-order valence-electron chi connectivity index (χ4n) is 2.76. The summed E-state index contributed by atoms with van der Waals surface area (Å²) in [6, 6.07) is -0.785. The zero-order valence-electron chi connectivity index (χ0n) is 13.6. The molecule has 0 aromatic rings. The van der Waals surface area contributed by atoms with Crippen LogP contribution < -0.4 is 5.32 Å². The van der Waals surface area contributed by atoms with E-state index in [2.05, 4.69) is 10.1 Å². The third-order valence-corrected chi connectivity index (χ3v) is 4.27. The van der Waals surface area contributed by atoms with Gasteiger partial charge in [0.05, 0.1) is 13.7 Å². The van der Waals surface area contributed by atoms with Crippen molar-refractivity contribution in [2.24, 2.45) is 11.8 Å². The number of nitrogens with one attached hydrogen (secondary N) is 1. The quantitative estimate of drug-likeness (QED) is 0.848. The Kier molecular flexibility index (Phi) is 6.42. The number of rotatable bonds is 5. The highest BCUT2D eigenvalue weighted by atomic mass is 19.1. The van der Waals surface area contributed by atoms with Crippen molar-refractivity contribution in [2.75, 3.05) is 13.7 Å². The highest BCUT2D eigenvalue weighted by molar-refractivity contribution is 5.86. The number of ether oxygens (including phenoxy) is 1. The molecule has 0 spiro atoms. The maximum Gasteiger partial charge on any atom is 0.407 e. The van der Waals surface area contributed by atoms with Gasteiger partial charge in [-0.3, -0.25) is 4.79 Å². The molecule has 122 valence electrons. The van der Waals surface area contributed by atoms with Crippen LogP contribution >= 0.6 is 0 Å². The summed E-state index contributed by atoms with van der Waals surface area (Å²) in [5.74, 6) is -0.0747. The van der Waals surface area contributed by atoms with Crippen LogP contribution in [0.3, 0.4) is 0 Å². The van der Waals surface area contributed by atoms with E-state index in [0.717, 1.165) is 6.42 Å². The molecule has 1 rings (SSSR count). The van der Waals surface area contributed by atoms with Gasteiger partial charge in [-0.2, -0.15) is 0 Å². The largest absolute Gasteiger partial charge is 0.453 e. The normalized spacial score (nSPS) is 24.8. The summed E-state index contributed by atoms with van der Waals surface area (Å²) >= 11 is 0. The number of likely N-dealkylation sites (tertiary alicyclic amines) is 1. The van der Waals surface area contributed by atoms with E-state index in [9.17, 15) is 14.0 Å². The maximum absolute atomic E-state index is 13.8. The molecule has 1 N–H and O–H groups in total. The Bertz CT molecular complexity index is 376. The van der Waals surface area contributed by atoms with Gasteiger partial charge in [-0.25, -0.2) is 9.18 Å². The molecule has 1 aliphatic heterocycles. The Morgan fingerprint density at radius 3 is 2.48 bits per heavy atom. The SMILES string of the molecule is CC[C@H](C)C1C[C@H](F)CN1C(=O)[C@@H](NC(=O)OC)C(C)C. The van der Waals surface area contributed by atoms with Crippen molar-refractivity contribution in [3.63, 3.8) is 0 Å². The van der Waals surface area contributed by atoms with Crippen LogP contribution in [-0.4, -0.2) is 48.8 Å². The molecular weight excluding hydrogens is 275 g/mol. The summed E-state index contributed by atoms with van der Waals surface area (Å²) in [5, 5.41) is 2.56. The molecule has 1 aliphatic rings. The van der Waals surface area contributed by atoms with Crippen molar-refractivity contribution in [3.8, 4) is 0 Å². The van der Waals surface area contributed by atoms with Gasteiger partial charge in [0.15, 0.2) is 0 Å². The topological polar surface area (TPSA) is 58.6 Å². The molecule has 1 heterocycles. The zero-order valence-corrected chi connectivity index (χ0v) is 13.6. The Morgan fingerprint density at radius 1 is 1.38 bits per heavy atom.